The first kappa shape index (κ1) is 6.89. The maximum Gasteiger partial charge on any atom is 0.148 e. The summed E-state index contributed by atoms with van der Waals surface area (Å²) in [6.07, 6.45) is 2.83. The van der Waals surface area contributed by atoms with Crippen molar-refractivity contribution in [2.75, 3.05) is 6.61 Å². The number of hydrogen-bond donors (Lipinski definition) is 0. The van der Waals surface area contributed by atoms with Gasteiger partial charge in [-0.15, -0.1) is 0 Å². The first-order valence-electron chi connectivity index (χ1n) is 4.44. The third-order valence-electron chi connectivity index (χ3n) is 2.43. The second kappa shape index (κ2) is 2.46. The van der Waals surface area contributed by atoms with Gasteiger partial charge in [0.1, 0.15) is 11.3 Å². The van der Waals surface area contributed by atoms with E-state index in [2.05, 4.69) is 23.2 Å². The number of nitrogens with zero attached hydrogens (tertiary/aromatic N) is 1. The van der Waals surface area contributed by atoms with E-state index < -0.39 is 0 Å². The fourth-order valence-electron chi connectivity index (χ4n) is 1.78. The van der Waals surface area contributed by atoms with Crippen molar-refractivity contribution in [2.45, 2.75) is 6.42 Å². The fourth-order valence-corrected chi connectivity index (χ4v) is 1.78. The molecule has 0 bridgehead atoms. The minimum atomic E-state index is 0.797. The van der Waals surface area contributed by atoms with Gasteiger partial charge in [0.2, 0.25) is 0 Å². The Morgan fingerprint density at radius 3 is 3.23 bits per heavy atom. The normalized spacial score (nSPS) is 14.2. The van der Waals surface area contributed by atoms with E-state index in [9.17, 15) is 0 Å². The van der Waals surface area contributed by atoms with Crippen molar-refractivity contribution in [1.29, 1.82) is 0 Å². The van der Waals surface area contributed by atoms with Crippen LogP contribution in [0.1, 0.15) is 5.56 Å². The van der Waals surface area contributed by atoms with Gasteiger partial charge in [-0.25, -0.2) is 0 Å². The Balaban J connectivity index is 2.43. The van der Waals surface area contributed by atoms with Crippen LogP contribution in [0.5, 0.6) is 5.75 Å². The van der Waals surface area contributed by atoms with E-state index in [1.165, 1.54) is 5.56 Å². The first-order valence-corrected chi connectivity index (χ1v) is 4.44. The summed E-state index contributed by atoms with van der Waals surface area (Å²) in [6, 6.07) is 8.25. The van der Waals surface area contributed by atoms with E-state index in [0.29, 0.717) is 0 Å². The van der Waals surface area contributed by atoms with E-state index in [0.717, 1.165) is 29.7 Å². The van der Waals surface area contributed by atoms with Gasteiger partial charge in [-0.3, -0.25) is 4.98 Å². The summed E-state index contributed by atoms with van der Waals surface area (Å²) >= 11 is 0. The summed E-state index contributed by atoms with van der Waals surface area (Å²) in [5.41, 5.74) is 2.28. The number of pyridine rings is 1. The molecule has 0 amide bonds. The topological polar surface area (TPSA) is 22.1 Å². The highest BCUT2D eigenvalue weighted by molar-refractivity contribution is 5.86. The predicted octanol–water partition coefficient (Wildman–Crippen LogP) is 2.17. The summed E-state index contributed by atoms with van der Waals surface area (Å²) in [7, 11) is 0. The van der Waals surface area contributed by atoms with Crippen LogP contribution >= 0.6 is 0 Å². The molecule has 1 aromatic heterocycles. The highest BCUT2D eigenvalue weighted by atomic mass is 16.5. The molecular formula is C11H9NO. The summed E-state index contributed by atoms with van der Waals surface area (Å²) < 4.78 is 5.55. The van der Waals surface area contributed by atoms with Crippen LogP contribution in [0, 0.1) is 0 Å². The molecular weight excluding hydrogens is 162 g/mol. The Morgan fingerprint density at radius 2 is 2.23 bits per heavy atom. The minimum absolute atomic E-state index is 0.797. The van der Waals surface area contributed by atoms with Gasteiger partial charge < -0.3 is 4.74 Å². The van der Waals surface area contributed by atoms with Crippen molar-refractivity contribution in [1.82, 2.24) is 4.98 Å². The summed E-state index contributed by atoms with van der Waals surface area (Å²) in [5.74, 6) is 0.984. The molecule has 0 atom stereocenters. The number of ether oxygens (including phenoxy) is 1. The molecule has 64 valence electrons. The fraction of sp³-hybridized carbons (Fsp3) is 0.182. The Hall–Kier alpha value is -1.57. The zero-order valence-electron chi connectivity index (χ0n) is 7.16. The Kier molecular flexibility index (Phi) is 1.30. The first-order chi connectivity index (χ1) is 6.45. The van der Waals surface area contributed by atoms with Crippen molar-refractivity contribution in [3.63, 3.8) is 0 Å². The van der Waals surface area contributed by atoms with Crippen molar-refractivity contribution in [3.8, 4) is 5.75 Å². The lowest BCUT2D eigenvalue weighted by Gasteiger charge is -2.02. The summed E-state index contributed by atoms with van der Waals surface area (Å²) in [5, 5.41) is 1.16. The van der Waals surface area contributed by atoms with E-state index in [4.69, 9.17) is 4.74 Å². The number of aromatic nitrogens is 1. The molecule has 0 fully saturated rings. The predicted molar refractivity (Wildman–Crippen MR) is 50.9 cm³/mol. The van der Waals surface area contributed by atoms with E-state index in [1.54, 1.807) is 0 Å². The van der Waals surface area contributed by atoms with Crippen LogP contribution in [0.2, 0.25) is 0 Å². The molecule has 2 aromatic rings. The smallest absolute Gasteiger partial charge is 0.148 e. The molecule has 0 aliphatic carbocycles. The van der Waals surface area contributed by atoms with Crippen LogP contribution in [0.15, 0.2) is 30.5 Å². The van der Waals surface area contributed by atoms with Crippen LogP contribution < -0.4 is 4.74 Å². The van der Waals surface area contributed by atoms with E-state index >= 15 is 0 Å². The van der Waals surface area contributed by atoms with Gasteiger partial charge in [-0.2, -0.15) is 0 Å². The third kappa shape index (κ3) is 0.917. The lowest BCUT2D eigenvalue weighted by molar-refractivity contribution is 0.359. The van der Waals surface area contributed by atoms with Crippen molar-refractivity contribution >= 4 is 10.9 Å². The van der Waals surface area contributed by atoms with Crippen molar-refractivity contribution < 1.29 is 4.74 Å². The van der Waals surface area contributed by atoms with Gasteiger partial charge in [-0.05, 0) is 11.6 Å². The molecule has 2 heteroatoms. The van der Waals surface area contributed by atoms with Crippen molar-refractivity contribution in [3.05, 3.63) is 36.0 Å². The minimum Gasteiger partial charge on any atom is -0.491 e. The average molecular weight is 171 g/mol. The van der Waals surface area contributed by atoms with E-state index in [-0.39, 0.29) is 0 Å². The SMILES string of the molecule is c1cnc2c3c(ccc2c1)CCO3. The molecule has 2 heterocycles. The van der Waals surface area contributed by atoms with Crippen LogP contribution in [0.3, 0.4) is 0 Å². The monoisotopic (exact) mass is 171 g/mol. The standard InChI is InChI=1S/C11H9NO/c1-2-8-3-4-9-5-7-13-11(9)10(8)12-6-1/h1-4,6H,5,7H2. The highest BCUT2D eigenvalue weighted by Crippen LogP contribution is 2.32. The zero-order valence-corrected chi connectivity index (χ0v) is 7.16. The molecule has 0 unspecified atom stereocenters. The number of hydrogen-bond acceptors (Lipinski definition) is 2. The molecule has 0 radical (unpaired) electrons. The molecule has 1 aromatic carbocycles. The van der Waals surface area contributed by atoms with Crippen LogP contribution in [0.25, 0.3) is 10.9 Å². The third-order valence-corrected chi connectivity index (χ3v) is 2.43. The van der Waals surface area contributed by atoms with Crippen LogP contribution in [-0.2, 0) is 6.42 Å². The molecule has 13 heavy (non-hydrogen) atoms. The number of fused-ring (bicyclic) bond motifs is 3. The average Bonchev–Trinajstić information content (AvgIpc) is 2.65. The lowest BCUT2D eigenvalue weighted by Crippen LogP contribution is -1.87. The quantitative estimate of drug-likeness (QED) is 0.606. The molecule has 1 aliphatic heterocycles. The largest absolute Gasteiger partial charge is 0.491 e. The van der Waals surface area contributed by atoms with Gasteiger partial charge in [-0.1, -0.05) is 18.2 Å². The molecule has 1 aliphatic rings. The summed E-state index contributed by atoms with van der Waals surface area (Å²) in [4.78, 5) is 4.33. The molecule has 3 rings (SSSR count). The maximum atomic E-state index is 5.55. The van der Waals surface area contributed by atoms with Gasteiger partial charge in [0.15, 0.2) is 0 Å². The maximum absolute atomic E-state index is 5.55. The van der Waals surface area contributed by atoms with Gasteiger partial charge in [0.25, 0.3) is 0 Å². The molecule has 0 saturated carbocycles. The second-order valence-electron chi connectivity index (χ2n) is 3.23. The van der Waals surface area contributed by atoms with Crippen molar-refractivity contribution in [2.24, 2.45) is 0 Å². The van der Waals surface area contributed by atoms with Gasteiger partial charge in [0.05, 0.1) is 6.61 Å². The molecule has 0 N–H and O–H groups in total. The Morgan fingerprint density at radius 1 is 1.23 bits per heavy atom. The van der Waals surface area contributed by atoms with Crippen LogP contribution in [0.4, 0.5) is 0 Å². The van der Waals surface area contributed by atoms with Gasteiger partial charge >= 0.3 is 0 Å². The van der Waals surface area contributed by atoms with Gasteiger partial charge in [0, 0.05) is 18.0 Å². The zero-order chi connectivity index (χ0) is 8.67. The number of rotatable bonds is 0. The molecule has 0 saturated heterocycles. The Labute approximate surface area is 76.2 Å². The number of benzene rings is 1. The highest BCUT2D eigenvalue weighted by Gasteiger charge is 2.15. The molecule has 2 nitrogen and oxygen atoms in total. The lowest BCUT2D eigenvalue weighted by atomic mass is 10.1. The summed E-state index contributed by atoms with van der Waals surface area (Å²) in [6.45, 7) is 0.797. The molecule has 0 spiro atoms. The Bertz CT molecular complexity index is 465. The van der Waals surface area contributed by atoms with E-state index in [1.807, 2.05) is 12.3 Å². The second-order valence-corrected chi connectivity index (χ2v) is 3.23. The van der Waals surface area contributed by atoms with Crippen LogP contribution in [-0.4, -0.2) is 11.6 Å².